The summed E-state index contributed by atoms with van der Waals surface area (Å²) in [7, 11) is 0. The van der Waals surface area contributed by atoms with Crippen LogP contribution in [0.15, 0.2) is 48.8 Å². The SMILES string of the molecule is CC(C)c1ccc(C[n+]2cccc(C(N)=O)c2)cc1.[Cl-]. The van der Waals surface area contributed by atoms with Gasteiger partial charge in [0, 0.05) is 11.6 Å². The number of primary amides is 1. The van der Waals surface area contributed by atoms with Crippen LogP contribution >= 0.6 is 0 Å². The maximum Gasteiger partial charge on any atom is 0.254 e. The van der Waals surface area contributed by atoms with Crippen molar-refractivity contribution >= 4 is 5.91 Å². The Labute approximate surface area is 125 Å². The zero-order chi connectivity index (χ0) is 13.8. The van der Waals surface area contributed by atoms with Crippen molar-refractivity contribution in [3.05, 3.63) is 65.5 Å². The van der Waals surface area contributed by atoms with Gasteiger partial charge < -0.3 is 18.1 Å². The van der Waals surface area contributed by atoms with E-state index < -0.39 is 5.91 Å². The number of halogens is 1. The fourth-order valence-electron chi connectivity index (χ4n) is 1.98. The monoisotopic (exact) mass is 290 g/mol. The van der Waals surface area contributed by atoms with Crippen molar-refractivity contribution in [2.75, 3.05) is 0 Å². The zero-order valence-corrected chi connectivity index (χ0v) is 12.5. The highest BCUT2D eigenvalue weighted by Crippen LogP contribution is 2.14. The van der Waals surface area contributed by atoms with Gasteiger partial charge in [-0.05, 0) is 17.5 Å². The fraction of sp³-hybridized carbons (Fsp3) is 0.250. The highest BCUT2D eigenvalue weighted by Gasteiger charge is 2.08. The summed E-state index contributed by atoms with van der Waals surface area (Å²) in [5, 5.41) is 0. The van der Waals surface area contributed by atoms with Crippen molar-refractivity contribution in [2.24, 2.45) is 5.73 Å². The summed E-state index contributed by atoms with van der Waals surface area (Å²) in [5.74, 6) is 0.143. The van der Waals surface area contributed by atoms with Crippen LogP contribution in [0.2, 0.25) is 0 Å². The van der Waals surface area contributed by atoms with Gasteiger partial charge in [-0.25, -0.2) is 0 Å². The lowest BCUT2D eigenvalue weighted by Gasteiger charge is -2.05. The van der Waals surface area contributed by atoms with Crippen molar-refractivity contribution in [1.29, 1.82) is 0 Å². The normalized spacial score (nSPS) is 10.2. The third-order valence-electron chi connectivity index (χ3n) is 3.15. The molecule has 2 N–H and O–H groups in total. The molecule has 20 heavy (non-hydrogen) atoms. The Balaban J connectivity index is 0.00000200. The van der Waals surface area contributed by atoms with E-state index in [-0.39, 0.29) is 12.4 Å². The first kappa shape index (κ1) is 16.2. The number of pyridine rings is 1. The van der Waals surface area contributed by atoms with Crippen molar-refractivity contribution < 1.29 is 21.8 Å². The lowest BCUT2D eigenvalue weighted by molar-refractivity contribution is -0.688. The summed E-state index contributed by atoms with van der Waals surface area (Å²) < 4.78 is 1.96. The first-order chi connectivity index (χ1) is 9.06. The Kier molecular flexibility index (Phi) is 5.71. The molecule has 1 amide bonds. The highest BCUT2D eigenvalue weighted by atomic mass is 35.5. The number of hydrogen-bond donors (Lipinski definition) is 1. The van der Waals surface area contributed by atoms with Crippen LogP contribution in [0.1, 0.15) is 41.3 Å². The van der Waals surface area contributed by atoms with E-state index >= 15 is 0 Å². The van der Waals surface area contributed by atoms with E-state index in [0.717, 1.165) is 6.54 Å². The second kappa shape index (κ2) is 7.06. The van der Waals surface area contributed by atoms with Crippen LogP contribution in [0, 0.1) is 0 Å². The first-order valence-corrected chi connectivity index (χ1v) is 6.44. The standard InChI is InChI=1S/C16H18N2O.ClH/c1-12(2)14-7-5-13(6-8-14)10-18-9-3-4-15(11-18)16(17)19;/h3-9,11-12H,10H2,1-2H3,(H-,17,19);1H. The summed E-state index contributed by atoms with van der Waals surface area (Å²) in [4.78, 5) is 11.1. The number of amides is 1. The quantitative estimate of drug-likeness (QED) is 0.740. The second-order valence-electron chi connectivity index (χ2n) is 5.03. The van der Waals surface area contributed by atoms with E-state index in [1.165, 1.54) is 11.1 Å². The Morgan fingerprint density at radius 2 is 1.85 bits per heavy atom. The molecule has 2 aromatic rings. The first-order valence-electron chi connectivity index (χ1n) is 6.44. The summed E-state index contributed by atoms with van der Waals surface area (Å²) in [6.45, 7) is 5.10. The van der Waals surface area contributed by atoms with E-state index in [2.05, 4.69) is 38.1 Å². The van der Waals surface area contributed by atoms with Gasteiger partial charge in [0.05, 0.1) is 0 Å². The summed E-state index contributed by atoms with van der Waals surface area (Å²) in [5.41, 5.74) is 8.34. The highest BCUT2D eigenvalue weighted by molar-refractivity contribution is 5.92. The summed E-state index contributed by atoms with van der Waals surface area (Å²) in [6.07, 6.45) is 3.71. The van der Waals surface area contributed by atoms with Crippen LogP contribution in [0.25, 0.3) is 0 Å². The second-order valence-corrected chi connectivity index (χ2v) is 5.03. The van der Waals surface area contributed by atoms with Crippen molar-refractivity contribution in [1.82, 2.24) is 0 Å². The number of carbonyl (C=O) groups excluding carboxylic acids is 1. The summed E-state index contributed by atoms with van der Waals surface area (Å²) >= 11 is 0. The van der Waals surface area contributed by atoms with E-state index in [0.29, 0.717) is 11.5 Å². The molecule has 0 bridgehead atoms. The molecule has 1 heterocycles. The van der Waals surface area contributed by atoms with Crippen molar-refractivity contribution in [2.45, 2.75) is 26.3 Å². The molecule has 0 spiro atoms. The average Bonchev–Trinajstić information content (AvgIpc) is 2.39. The van der Waals surface area contributed by atoms with Crippen LogP contribution in [0.3, 0.4) is 0 Å². The lowest BCUT2D eigenvalue weighted by Crippen LogP contribution is -3.00. The Hall–Kier alpha value is -1.87. The molecule has 106 valence electrons. The van der Waals surface area contributed by atoms with Gasteiger partial charge >= 0.3 is 0 Å². The van der Waals surface area contributed by atoms with Gasteiger partial charge in [0.1, 0.15) is 5.56 Å². The van der Waals surface area contributed by atoms with Gasteiger partial charge in [-0.1, -0.05) is 38.1 Å². The third kappa shape index (κ3) is 4.07. The molecular weight excluding hydrogens is 272 g/mol. The van der Waals surface area contributed by atoms with Gasteiger partial charge in [0.25, 0.3) is 5.91 Å². The number of nitrogens with two attached hydrogens (primary N) is 1. The minimum absolute atomic E-state index is 0. The zero-order valence-electron chi connectivity index (χ0n) is 11.7. The largest absolute Gasteiger partial charge is 1.00 e. The minimum atomic E-state index is -0.399. The Morgan fingerprint density at radius 3 is 2.40 bits per heavy atom. The van der Waals surface area contributed by atoms with Crippen LogP contribution in [0.4, 0.5) is 0 Å². The lowest BCUT2D eigenvalue weighted by atomic mass is 10.0. The molecule has 0 aliphatic rings. The smallest absolute Gasteiger partial charge is 0.254 e. The molecule has 0 aliphatic heterocycles. The molecule has 4 heteroatoms. The van der Waals surface area contributed by atoms with Crippen LogP contribution in [-0.2, 0) is 6.54 Å². The number of carbonyl (C=O) groups is 1. The van der Waals surface area contributed by atoms with E-state index in [1.807, 2.05) is 16.8 Å². The maximum atomic E-state index is 11.1. The Morgan fingerprint density at radius 1 is 1.20 bits per heavy atom. The molecule has 0 unspecified atom stereocenters. The fourth-order valence-corrected chi connectivity index (χ4v) is 1.98. The summed E-state index contributed by atoms with van der Waals surface area (Å²) in [6, 6.07) is 12.1. The third-order valence-corrected chi connectivity index (χ3v) is 3.15. The van der Waals surface area contributed by atoms with E-state index in [4.69, 9.17) is 5.73 Å². The molecule has 1 aromatic carbocycles. The van der Waals surface area contributed by atoms with E-state index in [9.17, 15) is 4.79 Å². The van der Waals surface area contributed by atoms with Crippen LogP contribution < -0.4 is 22.7 Å². The molecule has 1 aromatic heterocycles. The van der Waals surface area contributed by atoms with Gasteiger partial charge in [-0.3, -0.25) is 4.79 Å². The topological polar surface area (TPSA) is 47.0 Å². The molecular formula is C16H19ClN2O. The van der Waals surface area contributed by atoms with Gasteiger partial charge in [0.15, 0.2) is 18.9 Å². The molecule has 0 saturated heterocycles. The van der Waals surface area contributed by atoms with Gasteiger partial charge in [-0.2, -0.15) is 4.57 Å². The molecule has 0 fully saturated rings. The van der Waals surface area contributed by atoms with Crippen molar-refractivity contribution in [3.63, 3.8) is 0 Å². The number of benzene rings is 1. The maximum absolute atomic E-state index is 11.1. The van der Waals surface area contributed by atoms with E-state index in [1.54, 1.807) is 12.3 Å². The predicted molar refractivity (Wildman–Crippen MR) is 74.8 cm³/mol. The molecule has 0 saturated carbocycles. The van der Waals surface area contributed by atoms with Crippen molar-refractivity contribution in [3.8, 4) is 0 Å². The molecule has 2 rings (SSSR count). The molecule has 0 aliphatic carbocycles. The van der Waals surface area contributed by atoms with Crippen LogP contribution in [0.5, 0.6) is 0 Å². The molecule has 3 nitrogen and oxygen atoms in total. The predicted octanol–water partition coefficient (Wildman–Crippen LogP) is -0.751. The molecule has 0 atom stereocenters. The van der Waals surface area contributed by atoms with Gasteiger partial charge in [-0.15, -0.1) is 0 Å². The van der Waals surface area contributed by atoms with Gasteiger partial charge in [0.2, 0.25) is 0 Å². The number of nitrogens with zero attached hydrogens (tertiary/aromatic N) is 1. The number of aromatic nitrogens is 1. The average molecular weight is 291 g/mol. The Bertz CT molecular complexity index is 579. The minimum Gasteiger partial charge on any atom is -1.00 e. The molecule has 0 radical (unpaired) electrons. The number of hydrogen-bond acceptors (Lipinski definition) is 1. The number of rotatable bonds is 4. The van der Waals surface area contributed by atoms with Crippen LogP contribution in [-0.4, -0.2) is 5.91 Å².